The van der Waals surface area contributed by atoms with Gasteiger partial charge in [-0.1, -0.05) is 53.5 Å². The Kier molecular flexibility index (Phi) is 7.50. The molecule has 0 unspecified atom stereocenters. The van der Waals surface area contributed by atoms with Crippen LogP contribution in [-0.4, -0.2) is 42.0 Å². The number of rotatable bonds is 7. The van der Waals surface area contributed by atoms with Crippen molar-refractivity contribution in [3.05, 3.63) is 63.9 Å². The Bertz CT molecular complexity index is 746. The number of carbonyl (C=O) groups is 1. The maximum atomic E-state index is 12.2. The highest BCUT2D eigenvalue weighted by atomic mass is 35.5. The van der Waals surface area contributed by atoms with Gasteiger partial charge in [-0.05, 0) is 62.4 Å². The van der Waals surface area contributed by atoms with Crippen LogP contribution in [0.2, 0.25) is 10.3 Å². The summed E-state index contributed by atoms with van der Waals surface area (Å²) in [6, 6.07) is 13.9. The number of nitrogens with zero attached hydrogens (tertiary/aromatic N) is 2. The lowest BCUT2D eigenvalue weighted by Gasteiger charge is -2.32. The number of aryl methyl sites for hydroxylation is 1. The van der Waals surface area contributed by atoms with Crippen molar-refractivity contribution in [1.29, 1.82) is 0 Å². The van der Waals surface area contributed by atoms with Crippen LogP contribution in [-0.2, 0) is 6.42 Å². The van der Waals surface area contributed by atoms with Gasteiger partial charge in [0.05, 0.1) is 5.56 Å². The predicted molar refractivity (Wildman–Crippen MR) is 111 cm³/mol. The van der Waals surface area contributed by atoms with Crippen LogP contribution >= 0.6 is 23.2 Å². The smallest absolute Gasteiger partial charge is 0.254 e. The van der Waals surface area contributed by atoms with E-state index in [0.29, 0.717) is 12.1 Å². The van der Waals surface area contributed by atoms with Gasteiger partial charge in [-0.3, -0.25) is 4.79 Å². The highest BCUT2D eigenvalue weighted by Crippen LogP contribution is 2.22. The maximum Gasteiger partial charge on any atom is 0.254 e. The molecular weight excluding hydrogens is 381 g/mol. The molecule has 1 amide bonds. The first-order valence-corrected chi connectivity index (χ1v) is 10.2. The number of nitrogens with one attached hydrogen (secondary N) is 1. The number of aromatic nitrogens is 1. The molecule has 27 heavy (non-hydrogen) atoms. The van der Waals surface area contributed by atoms with Gasteiger partial charge >= 0.3 is 0 Å². The van der Waals surface area contributed by atoms with Gasteiger partial charge in [0.1, 0.15) is 10.3 Å². The summed E-state index contributed by atoms with van der Waals surface area (Å²) in [5.74, 6) is 0.594. The predicted octanol–water partition coefficient (Wildman–Crippen LogP) is 4.46. The summed E-state index contributed by atoms with van der Waals surface area (Å²) in [4.78, 5) is 18.5. The third-order valence-electron chi connectivity index (χ3n) is 5.16. The number of hydrogen-bond donors (Lipinski definition) is 1. The largest absolute Gasteiger partial charge is 0.351 e. The van der Waals surface area contributed by atoms with Crippen molar-refractivity contribution in [2.45, 2.75) is 25.7 Å². The van der Waals surface area contributed by atoms with Crippen molar-refractivity contribution in [3.8, 4) is 0 Å². The van der Waals surface area contributed by atoms with Crippen molar-refractivity contribution in [2.24, 2.45) is 5.92 Å². The molecule has 1 aliphatic rings. The molecule has 1 saturated heterocycles. The standard InChI is InChI=1S/C21H25Cl2N3O/c22-19-9-8-18(20(23)25-19)21(27)24-12-15-26-13-10-17(11-14-26)7-6-16-4-2-1-3-5-16/h1-5,8-9,17H,6-7,10-15H2,(H,24,27). The SMILES string of the molecule is O=C(NCCN1CCC(CCc2ccccc2)CC1)c1ccc(Cl)nc1Cl. The van der Waals surface area contributed by atoms with Crippen LogP contribution in [0.1, 0.15) is 35.2 Å². The number of halogens is 2. The summed E-state index contributed by atoms with van der Waals surface area (Å²) >= 11 is 11.7. The maximum absolute atomic E-state index is 12.2. The summed E-state index contributed by atoms with van der Waals surface area (Å²) in [5, 5.41) is 3.34. The molecule has 0 saturated carbocycles. The summed E-state index contributed by atoms with van der Waals surface area (Å²) in [6.45, 7) is 3.65. The van der Waals surface area contributed by atoms with Crippen LogP contribution in [0.3, 0.4) is 0 Å². The molecule has 2 heterocycles. The van der Waals surface area contributed by atoms with E-state index in [1.165, 1.54) is 24.8 Å². The molecule has 0 radical (unpaired) electrons. The summed E-state index contributed by atoms with van der Waals surface area (Å²) in [6.07, 6.45) is 4.88. The molecule has 0 spiro atoms. The van der Waals surface area contributed by atoms with Crippen molar-refractivity contribution in [1.82, 2.24) is 15.2 Å². The minimum absolute atomic E-state index is 0.138. The minimum Gasteiger partial charge on any atom is -0.351 e. The van der Waals surface area contributed by atoms with E-state index in [2.05, 4.69) is 45.5 Å². The molecule has 144 valence electrons. The number of benzene rings is 1. The molecule has 1 aliphatic heterocycles. The van der Waals surface area contributed by atoms with Gasteiger partial charge in [-0.25, -0.2) is 4.98 Å². The first-order chi connectivity index (χ1) is 13.1. The normalized spacial score (nSPS) is 15.6. The van der Waals surface area contributed by atoms with Crippen molar-refractivity contribution in [2.75, 3.05) is 26.2 Å². The van der Waals surface area contributed by atoms with Gasteiger partial charge < -0.3 is 10.2 Å². The Morgan fingerprint density at radius 2 is 1.85 bits per heavy atom. The second kappa shape index (κ2) is 10.1. The lowest BCUT2D eigenvalue weighted by molar-refractivity contribution is 0.0943. The molecule has 3 rings (SSSR count). The summed E-state index contributed by atoms with van der Waals surface area (Å²) < 4.78 is 0. The van der Waals surface area contributed by atoms with Crippen LogP contribution in [0.25, 0.3) is 0 Å². The van der Waals surface area contributed by atoms with E-state index in [0.717, 1.165) is 32.0 Å². The van der Waals surface area contributed by atoms with E-state index in [-0.39, 0.29) is 16.2 Å². The molecule has 0 aliphatic carbocycles. The zero-order valence-corrected chi connectivity index (χ0v) is 16.8. The molecule has 6 heteroatoms. The molecule has 0 bridgehead atoms. The monoisotopic (exact) mass is 405 g/mol. The first kappa shape index (κ1) is 20.1. The average molecular weight is 406 g/mol. The topological polar surface area (TPSA) is 45.2 Å². The zero-order chi connectivity index (χ0) is 19.1. The third kappa shape index (κ3) is 6.20. The molecule has 1 aromatic carbocycles. The molecule has 2 aromatic rings. The Labute approximate surface area is 170 Å². The Balaban J connectivity index is 1.34. The lowest BCUT2D eigenvalue weighted by atomic mass is 9.90. The van der Waals surface area contributed by atoms with Crippen LogP contribution in [0, 0.1) is 5.92 Å². The quantitative estimate of drug-likeness (QED) is 0.691. The molecule has 1 N–H and O–H groups in total. The molecular formula is C21H25Cl2N3O. The van der Waals surface area contributed by atoms with E-state index in [1.54, 1.807) is 12.1 Å². The van der Waals surface area contributed by atoms with Gasteiger partial charge in [0.2, 0.25) is 0 Å². The minimum atomic E-state index is -0.207. The number of carbonyl (C=O) groups excluding carboxylic acids is 1. The van der Waals surface area contributed by atoms with Crippen LogP contribution in [0.5, 0.6) is 0 Å². The number of likely N-dealkylation sites (tertiary alicyclic amines) is 1. The Morgan fingerprint density at radius 3 is 2.56 bits per heavy atom. The number of amides is 1. The fourth-order valence-electron chi connectivity index (χ4n) is 3.52. The highest BCUT2D eigenvalue weighted by molar-refractivity contribution is 6.34. The fourth-order valence-corrected chi connectivity index (χ4v) is 3.95. The van der Waals surface area contributed by atoms with Gasteiger partial charge in [0.15, 0.2) is 0 Å². The van der Waals surface area contributed by atoms with Crippen LogP contribution in [0.15, 0.2) is 42.5 Å². The van der Waals surface area contributed by atoms with Gasteiger partial charge in [-0.2, -0.15) is 0 Å². The summed E-state index contributed by atoms with van der Waals surface area (Å²) in [5.41, 5.74) is 1.79. The Hall–Kier alpha value is -1.62. The van der Waals surface area contributed by atoms with Crippen molar-refractivity contribution >= 4 is 29.1 Å². The second-order valence-electron chi connectivity index (χ2n) is 7.04. The van der Waals surface area contributed by atoms with E-state index in [1.807, 2.05) is 0 Å². The number of hydrogen-bond acceptors (Lipinski definition) is 3. The highest BCUT2D eigenvalue weighted by Gasteiger charge is 2.19. The number of piperidine rings is 1. The zero-order valence-electron chi connectivity index (χ0n) is 15.3. The average Bonchev–Trinajstić information content (AvgIpc) is 2.68. The van der Waals surface area contributed by atoms with Crippen LogP contribution < -0.4 is 5.32 Å². The fraction of sp³-hybridized carbons (Fsp3) is 0.429. The van der Waals surface area contributed by atoms with Gasteiger partial charge in [0.25, 0.3) is 5.91 Å². The van der Waals surface area contributed by atoms with Crippen molar-refractivity contribution in [3.63, 3.8) is 0 Å². The molecule has 1 fully saturated rings. The molecule has 0 atom stereocenters. The summed E-state index contributed by atoms with van der Waals surface area (Å²) in [7, 11) is 0. The van der Waals surface area contributed by atoms with Gasteiger partial charge in [-0.15, -0.1) is 0 Å². The number of pyridine rings is 1. The third-order valence-corrected chi connectivity index (χ3v) is 5.66. The molecule has 4 nitrogen and oxygen atoms in total. The van der Waals surface area contributed by atoms with Gasteiger partial charge in [0, 0.05) is 13.1 Å². The van der Waals surface area contributed by atoms with E-state index in [9.17, 15) is 4.79 Å². The Morgan fingerprint density at radius 1 is 1.11 bits per heavy atom. The van der Waals surface area contributed by atoms with Crippen molar-refractivity contribution < 1.29 is 4.79 Å². The van der Waals surface area contributed by atoms with E-state index in [4.69, 9.17) is 23.2 Å². The van der Waals surface area contributed by atoms with E-state index >= 15 is 0 Å². The lowest BCUT2D eigenvalue weighted by Crippen LogP contribution is -2.39. The second-order valence-corrected chi connectivity index (χ2v) is 7.78. The van der Waals surface area contributed by atoms with E-state index < -0.39 is 0 Å². The molecule has 1 aromatic heterocycles. The first-order valence-electron chi connectivity index (χ1n) is 9.48. The van der Waals surface area contributed by atoms with Crippen LogP contribution in [0.4, 0.5) is 0 Å².